The molecule has 2 aromatic heterocycles. The highest BCUT2D eigenvalue weighted by atomic mass is 16.7. The summed E-state index contributed by atoms with van der Waals surface area (Å²) in [4.78, 5) is 25.3. The molecule has 0 saturated carbocycles. The fraction of sp³-hybridized carbons (Fsp3) is 0.174. The quantitative estimate of drug-likeness (QED) is 0.540. The van der Waals surface area contributed by atoms with E-state index < -0.39 is 0 Å². The van der Waals surface area contributed by atoms with Crippen molar-refractivity contribution in [2.24, 2.45) is 0 Å². The van der Waals surface area contributed by atoms with Gasteiger partial charge in [0, 0.05) is 24.5 Å². The summed E-state index contributed by atoms with van der Waals surface area (Å²) in [7, 11) is 0. The molecule has 8 nitrogen and oxygen atoms in total. The van der Waals surface area contributed by atoms with Crippen molar-refractivity contribution in [3.63, 3.8) is 0 Å². The molecule has 1 amide bonds. The lowest BCUT2D eigenvalue weighted by Gasteiger charge is -2.08. The Bertz CT molecular complexity index is 1340. The third kappa shape index (κ3) is 3.75. The number of rotatable bonds is 5. The Morgan fingerprint density at radius 3 is 2.71 bits per heavy atom. The number of nitrogens with zero attached hydrogens (tertiary/aromatic N) is 3. The van der Waals surface area contributed by atoms with Crippen LogP contribution in [-0.4, -0.2) is 26.9 Å². The predicted molar refractivity (Wildman–Crippen MR) is 114 cm³/mol. The molecule has 0 bridgehead atoms. The van der Waals surface area contributed by atoms with Gasteiger partial charge >= 0.3 is 0 Å². The Morgan fingerprint density at radius 2 is 1.87 bits per heavy atom. The lowest BCUT2D eigenvalue weighted by atomic mass is 10.1. The predicted octanol–water partition coefficient (Wildman–Crippen LogP) is 2.52. The number of ether oxygens (including phenoxy) is 2. The zero-order valence-electron chi connectivity index (χ0n) is 16.9. The van der Waals surface area contributed by atoms with Crippen LogP contribution < -0.4 is 20.3 Å². The molecule has 0 spiro atoms. The van der Waals surface area contributed by atoms with Crippen LogP contribution in [0.5, 0.6) is 11.5 Å². The molecular formula is C23H20N4O4. The van der Waals surface area contributed by atoms with E-state index in [4.69, 9.17) is 9.47 Å². The van der Waals surface area contributed by atoms with E-state index in [-0.39, 0.29) is 24.8 Å². The van der Waals surface area contributed by atoms with Crippen LogP contribution in [0.4, 0.5) is 0 Å². The molecule has 3 heterocycles. The molecule has 1 aliphatic rings. The minimum atomic E-state index is -0.272. The summed E-state index contributed by atoms with van der Waals surface area (Å²) in [6, 6.07) is 15.2. The van der Waals surface area contributed by atoms with Gasteiger partial charge in [-0.15, -0.1) is 0 Å². The number of amides is 1. The standard InChI is InChI=1S/C23H20N4O4/c1-15-2-5-17(6-3-15)18-11-19-23(29)26(8-9-27(19)25-18)13-22(28)24-12-16-4-7-20-21(10-16)31-14-30-20/h2-11H,12-14H2,1H3,(H,24,28). The van der Waals surface area contributed by atoms with E-state index in [0.717, 1.165) is 16.7 Å². The van der Waals surface area contributed by atoms with E-state index in [1.807, 2.05) is 49.4 Å². The summed E-state index contributed by atoms with van der Waals surface area (Å²) in [5, 5.41) is 7.31. The van der Waals surface area contributed by atoms with Crippen LogP contribution in [-0.2, 0) is 17.9 Å². The molecule has 0 aliphatic carbocycles. The summed E-state index contributed by atoms with van der Waals surface area (Å²) in [6.07, 6.45) is 3.25. The molecule has 0 radical (unpaired) electrons. The van der Waals surface area contributed by atoms with Crippen LogP contribution in [0.15, 0.2) is 65.7 Å². The average molecular weight is 416 g/mol. The van der Waals surface area contributed by atoms with Gasteiger partial charge in [-0.25, -0.2) is 4.52 Å². The first-order valence-corrected chi connectivity index (χ1v) is 9.88. The Morgan fingerprint density at radius 1 is 1.06 bits per heavy atom. The van der Waals surface area contributed by atoms with Crippen LogP contribution in [0.2, 0.25) is 0 Å². The van der Waals surface area contributed by atoms with Crippen molar-refractivity contribution < 1.29 is 14.3 Å². The average Bonchev–Trinajstić information content (AvgIpc) is 3.42. The summed E-state index contributed by atoms with van der Waals surface area (Å²) in [5.74, 6) is 1.10. The van der Waals surface area contributed by atoms with Gasteiger partial charge in [-0.05, 0) is 30.7 Å². The first kappa shape index (κ1) is 18.9. The Hall–Kier alpha value is -4.07. The van der Waals surface area contributed by atoms with Gasteiger partial charge in [0.25, 0.3) is 5.56 Å². The highest BCUT2D eigenvalue weighted by Crippen LogP contribution is 2.32. The van der Waals surface area contributed by atoms with Gasteiger partial charge in [0.05, 0.1) is 5.69 Å². The number of nitrogens with one attached hydrogen (secondary N) is 1. The van der Waals surface area contributed by atoms with Gasteiger partial charge in [-0.1, -0.05) is 35.9 Å². The van der Waals surface area contributed by atoms with Crippen molar-refractivity contribution in [2.75, 3.05) is 6.79 Å². The lowest BCUT2D eigenvalue weighted by molar-refractivity contribution is -0.121. The third-order valence-corrected chi connectivity index (χ3v) is 5.19. The molecule has 4 aromatic rings. The summed E-state index contributed by atoms with van der Waals surface area (Å²) in [6.45, 7) is 2.47. The maximum absolute atomic E-state index is 12.9. The second kappa shape index (κ2) is 7.64. The van der Waals surface area contributed by atoms with Crippen LogP contribution in [0, 0.1) is 6.92 Å². The summed E-state index contributed by atoms with van der Waals surface area (Å²) >= 11 is 0. The fourth-order valence-electron chi connectivity index (χ4n) is 3.48. The highest BCUT2D eigenvalue weighted by Gasteiger charge is 2.14. The van der Waals surface area contributed by atoms with Gasteiger partial charge in [0.15, 0.2) is 11.5 Å². The van der Waals surface area contributed by atoms with Crippen molar-refractivity contribution in [3.05, 3.63) is 82.4 Å². The number of hydrogen-bond donors (Lipinski definition) is 1. The molecule has 156 valence electrons. The Balaban J connectivity index is 1.30. The number of carbonyl (C=O) groups excluding carboxylic acids is 1. The third-order valence-electron chi connectivity index (χ3n) is 5.19. The van der Waals surface area contributed by atoms with Crippen LogP contribution >= 0.6 is 0 Å². The van der Waals surface area contributed by atoms with Crippen LogP contribution in [0.3, 0.4) is 0 Å². The maximum atomic E-state index is 12.9. The van der Waals surface area contributed by atoms with Crippen LogP contribution in [0.1, 0.15) is 11.1 Å². The second-order valence-corrected chi connectivity index (χ2v) is 7.42. The number of aryl methyl sites for hydroxylation is 1. The molecule has 0 saturated heterocycles. The van der Waals surface area contributed by atoms with E-state index in [1.165, 1.54) is 4.57 Å². The molecular weight excluding hydrogens is 396 g/mol. The zero-order chi connectivity index (χ0) is 21.4. The van der Waals surface area contributed by atoms with E-state index in [0.29, 0.717) is 29.3 Å². The van der Waals surface area contributed by atoms with Gasteiger partial charge in [0.1, 0.15) is 12.1 Å². The summed E-state index contributed by atoms with van der Waals surface area (Å²) < 4.78 is 13.6. The van der Waals surface area contributed by atoms with E-state index in [9.17, 15) is 9.59 Å². The molecule has 1 N–H and O–H groups in total. The molecule has 8 heteroatoms. The minimum Gasteiger partial charge on any atom is -0.454 e. The van der Waals surface area contributed by atoms with Crippen molar-refractivity contribution in [1.29, 1.82) is 0 Å². The topological polar surface area (TPSA) is 86.9 Å². The monoisotopic (exact) mass is 416 g/mol. The first-order valence-electron chi connectivity index (χ1n) is 9.88. The smallest absolute Gasteiger partial charge is 0.277 e. The zero-order valence-corrected chi connectivity index (χ0v) is 16.9. The largest absolute Gasteiger partial charge is 0.454 e. The van der Waals surface area contributed by atoms with E-state index in [1.54, 1.807) is 23.0 Å². The highest BCUT2D eigenvalue weighted by molar-refractivity contribution is 5.76. The van der Waals surface area contributed by atoms with E-state index in [2.05, 4.69) is 10.4 Å². The van der Waals surface area contributed by atoms with Gasteiger partial charge in [0.2, 0.25) is 12.7 Å². The van der Waals surface area contributed by atoms with Gasteiger partial charge in [-0.2, -0.15) is 5.10 Å². The number of carbonyl (C=O) groups is 1. The molecule has 31 heavy (non-hydrogen) atoms. The Labute approximate surface area is 177 Å². The van der Waals surface area contributed by atoms with Crippen molar-refractivity contribution in [3.8, 4) is 22.8 Å². The number of aromatic nitrogens is 3. The maximum Gasteiger partial charge on any atom is 0.277 e. The molecule has 2 aromatic carbocycles. The molecule has 0 fully saturated rings. The SMILES string of the molecule is Cc1ccc(-c2cc3c(=O)n(CC(=O)NCc4ccc5c(c4)OCO5)ccn3n2)cc1. The number of fused-ring (bicyclic) bond motifs is 2. The van der Waals surface area contributed by atoms with E-state index >= 15 is 0 Å². The number of benzene rings is 2. The van der Waals surface area contributed by atoms with Crippen molar-refractivity contribution in [1.82, 2.24) is 19.5 Å². The van der Waals surface area contributed by atoms with Gasteiger partial charge in [-0.3, -0.25) is 9.59 Å². The molecule has 0 atom stereocenters. The summed E-state index contributed by atoms with van der Waals surface area (Å²) in [5.41, 5.74) is 3.83. The lowest BCUT2D eigenvalue weighted by Crippen LogP contribution is -2.32. The number of hydrogen-bond acceptors (Lipinski definition) is 5. The molecule has 5 rings (SSSR count). The first-order chi connectivity index (χ1) is 15.1. The van der Waals surface area contributed by atoms with Gasteiger partial charge < -0.3 is 19.4 Å². The van der Waals surface area contributed by atoms with Crippen molar-refractivity contribution in [2.45, 2.75) is 20.0 Å². The molecule has 0 unspecified atom stereocenters. The normalized spacial score (nSPS) is 12.3. The van der Waals surface area contributed by atoms with Crippen LogP contribution in [0.25, 0.3) is 16.8 Å². The Kier molecular flexibility index (Phi) is 4.66. The fourth-order valence-corrected chi connectivity index (χ4v) is 3.48. The second-order valence-electron chi connectivity index (χ2n) is 7.42. The molecule has 1 aliphatic heterocycles. The minimum absolute atomic E-state index is 0.0784. The van der Waals surface area contributed by atoms with Crippen molar-refractivity contribution >= 4 is 11.4 Å².